The lowest BCUT2D eigenvalue weighted by atomic mass is 9.94. The van der Waals surface area contributed by atoms with Crippen LogP contribution in [0.15, 0.2) is 116 Å². The van der Waals surface area contributed by atoms with Crippen molar-refractivity contribution in [2.75, 3.05) is 0 Å². The van der Waals surface area contributed by atoms with Crippen LogP contribution in [-0.2, 0) is 13.5 Å². The van der Waals surface area contributed by atoms with Gasteiger partial charge in [-0.15, -0.1) is 0 Å². The summed E-state index contributed by atoms with van der Waals surface area (Å²) in [5, 5.41) is 0. The van der Waals surface area contributed by atoms with E-state index in [9.17, 15) is 0 Å². The van der Waals surface area contributed by atoms with Gasteiger partial charge in [0.05, 0.1) is 18.3 Å². The van der Waals surface area contributed by atoms with E-state index >= 15 is 0 Å². The van der Waals surface area contributed by atoms with Crippen molar-refractivity contribution >= 4 is 0 Å². The van der Waals surface area contributed by atoms with Crippen molar-refractivity contribution in [1.82, 2.24) is 14.1 Å². The Morgan fingerprint density at radius 1 is 0.730 bits per heavy atom. The highest BCUT2D eigenvalue weighted by Crippen LogP contribution is 2.41. The van der Waals surface area contributed by atoms with Gasteiger partial charge in [-0.2, -0.15) is 4.57 Å². The fraction of sp³-hybridized carbons (Fsp3) is 0.0909. The summed E-state index contributed by atoms with van der Waals surface area (Å²) < 4.78 is 6.85. The number of benzene rings is 4. The molecular weight excluding hydrogens is 452 g/mol. The van der Waals surface area contributed by atoms with Crippen molar-refractivity contribution in [1.29, 1.82) is 0 Å². The second kappa shape index (κ2) is 8.45. The van der Waals surface area contributed by atoms with Crippen molar-refractivity contribution in [3.63, 3.8) is 0 Å². The number of hydrogen-bond acceptors (Lipinski definition) is 1. The van der Waals surface area contributed by atoms with Gasteiger partial charge in [0.2, 0.25) is 0 Å². The van der Waals surface area contributed by atoms with Gasteiger partial charge < -0.3 is 4.57 Å². The number of rotatable bonds is 4. The minimum absolute atomic E-state index is 0.830. The van der Waals surface area contributed by atoms with E-state index in [2.05, 4.69) is 142 Å². The third kappa shape index (κ3) is 3.37. The van der Waals surface area contributed by atoms with E-state index < -0.39 is 0 Å². The van der Waals surface area contributed by atoms with Crippen LogP contribution in [0.2, 0.25) is 0 Å². The van der Waals surface area contributed by atoms with Gasteiger partial charge in [-0.25, -0.2) is 9.55 Å². The van der Waals surface area contributed by atoms with Gasteiger partial charge in [-0.3, -0.25) is 0 Å². The highest BCUT2D eigenvalue weighted by atomic mass is 15.1. The Morgan fingerprint density at radius 2 is 1.41 bits per heavy atom. The zero-order valence-corrected chi connectivity index (χ0v) is 21.0. The molecule has 2 aromatic heterocycles. The molecule has 0 unspecified atom stereocenters. The molecule has 4 nitrogen and oxygen atoms in total. The molecule has 0 bridgehead atoms. The lowest BCUT2D eigenvalue weighted by Gasteiger charge is -2.16. The van der Waals surface area contributed by atoms with Gasteiger partial charge in [-0.05, 0) is 35.2 Å². The van der Waals surface area contributed by atoms with E-state index in [4.69, 9.17) is 0 Å². The van der Waals surface area contributed by atoms with Crippen molar-refractivity contribution in [3.8, 4) is 45.0 Å². The zero-order chi connectivity index (χ0) is 24.9. The number of para-hydroxylation sites is 1. The molecule has 4 heteroatoms. The maximum absolute atomic E-state index is 4.62. The number of fused-ring (bicyclic) bond motifs is 3. The highest BCUT2D eigenvalue weighted by molar-refractivity contribution is 5.87. The minimum atomic E-state index is 0.830. The molecule has 178 valence electrons. The molecule has 0 spiro atoms. The topological polar surface area (TPSA) is 26.6 Å². The summed E-state index contributed by atoms with van der Waals surface area (Å²) in [7, 11) is 2.14. The summed E-state index contributed by atoms with van der Waals surface area (Å²) in [5.74, 6) is 2.26. The molecule has 7 rings (SSSR count). The molecule has 1 aliphatic heterocycles. The molecular formula is C33H27N4+. The Labute approximate surface area is 216 Å². The third-order valence-corrected chi connectivity index (χ3v) is 7.48. The van der Waals surface area contributed by atoms with E-state index in [1.165, 1.54) is 56.1 Å². The number of aryl methyl sites for hydroxylation is 2. The molecule has 4 aromatic carbocycles. The van der Waals surface area contributed by atoms with Gasteiger partial charge in [0.15, 0.2) is 0 Å². The number of imidazole rings is 2. The van der Waals surface area contributed by atoms with Crippen LogP contribution in [-0.4, -0.2) is 14.1 Å². The molecule has 37 heavy (non-hydrogen) atoms. The van der Waals surface area contributed by atoms with E-state index in [-0.39, 0.29) is 0 Å². The maximum Gasteiger partial charge on any atom is 0.294 e. The molecule has 0 N–H and O–H groups in total. The SMILES string of the molecule is Cc1ccc2c(c1-c1n(-c3c(-c4ccccc4)cccc3-c3ccccc3)cc[n+]1C)Cc1nccn1-2. The lowest BCUT2D eigenvalue weighted by molar-refractivity contribution is -0.659. The monoisotopic (exact) mass is 479 g/mol. The highest BCUT2D eigenvalue weighted by Gasteiger charge is 2.31. The maximum atomic E-state index is 4.62. The van der Waals surface area contributed by atoms with Crippen molar-refractivity contribution in [2.45, 2.75) is 13.3 Å². The van der Waals surface area contributed by atoms with Gasteiger partial charge >= 0.3 is 0 Å². The largest absolute Gasteiger partial charge is 0.303 e. The van der Waals surface area contributed by atoms with Crippen LogP contribution in [0.25, 0.3) is 45.0 Å². The number of nitrogens with zero attached hydrogens (tertiary/aromatic N) is 4. The summed E-state index contributed by atoms with van der Waals surface area (Å²) in [6.07, 6.45) is 9.16. The van der Waals surface area contributed by atoms with Crippen LogP contribution in [0.4, 0.5) is 0 Å². The predicted octanol–water partition coefficient (Wildman–Crippen LogP) is 6.70. The van der Waals surface area contributed by atoms with Crippen LogP contribution in [0.5, 0.6) is 0 Å². The van der Waals surface area contributed by atoms with E-state index in [1.807, 2.05) is 6.20 Å². The van der Waals surface area contributed by atoms with E-state index in [1.54, 1.807) is 0 Å². The molecule has 0 atom stereocenters. The van der Waals surface area contributed by atoms with Crippen LogP contribution in [0.1, 0.15) is 17.0 Å². The minimum Gasteiger partial charge on any atom is -0.303 e. The summed E-state index contributed by atoms with van der Waals surface area (Å²) >= 11 is 0. The molecule has 0 amide bonds. The Balaban J connectivity index is 1.54. The molecule has 6 aromatic rings. The Hall–Kier alpha value is -4.70. The molecule has 0 aliphatic carbocycles. The molecule has 0 saturated heterocycles. The van der Waals surface area contributed by atoms with Crippen LogP contribution in [0, 0.1) is 6.92 Å². The Morgan fingerprint density at radius 3 is 2.08 bits per heavy atom. The number of hydrogen-bond donors (Lipinski definition) is 0. The molecule has 1 aliphatic rings. The molecule has 0 radical (unpaired) electrons. The molecule has 0 fully saturated rings. The Kier molecular flexibility index (Phi) is 4.93. The fourth-order valence-corrected chi connectivity index (χ4v) is 5.77. The van der Waals surface area contributed by atoms with Crippen molar-refractivity contribution < 1.29 is 4.57 Å². The van der Waals surface area contributed by atoms with Crippen molar-refractivity contribution in [3.05, 3.63) is 133 Å². The van der Waals surface area contributed by atoms with Gasteiger partial charge in [0.1, 0.15) is 23.9 Å². The Bertz CT molecular complexity index is 1700. The fourth-order valence-electron chi connectivity index (χ4n) is 5.77. The molecule has 3 heterocycles. The summed E-state index contributed by atoms with van der Waals surface area (Å²) in [4.78, 5) is 4.62. The third-order valence-electron chi connectivity index (χ3n) is 7.48. The first-order chi connectivity index (χ1) is 18.2. The first-order valence-corrected chi connectivity index (χ1v) is 12.7. The molecule has 0 saturated carbocycles. The standard InChI is InChI=1S/C33H27N4/c1-23-16-17-29-28(22-30-34-18-19-36(29)30)31(23)33-35(2)20-21-37(33)32-26(24-10-5-3-6-11-24)14-9-15-27(32)25-12-7-4-8-13-25/h3-21H,22H2,1-2H3/q+1. The second-order valence-electron chi connectivity index (χ2n) is 9.68. The van der Waals surface area contributed by atoms with Crippen LogP contribution in [0.3, 0.4) is 0 Å². The first-order valence-electron chi connectivity index (χ1n) is 12.7. The van der Waals surface area contributed by atoms with E-state index in [0.29, 0.717) is 0 Å². The van der Waals surface area contributed by atoms with Gasteiger partial charge in [-0.1, -0.05) is 84.9 Å². The second-order valence-corrected chi connectivity index (χ2v) is 9.68. The summed E-state index contributed by atoms with van der Waals surface area (Å²) in [5.41, 5.74) is 11.1. The van der Waals surface area contributed by atoms with Crippen LogP contribution >= 0.6 is 0 Å². The smallest absolute Gasteiger partial charge is 0.294 e. The summed E-state index contributed by atoms with van der Waals surface area (Å²) in [6, 6.07) is 32.5. The summed E-state index contributed by atoms with van der Waals surface area (Å²) in [6.45, 7) is 2.22. The predicted molar refractivity (Wildman–Crippen MR) is 148 cm³/mol. The number of aromatic nitrogens is 4. The lowest BCUT2D eigenvalue weighted by Crippen LogP contribution is -2.30. The van der Waals surface area contributed by atoms with E-state index in [0.717, 1.165) is 12.2 Å². The normalized spacial score (nSPS) is 11.9. The quantitative estimate of drug-likeness (QED) is 0.258. The first kappa shape index (κ1) is 21.6. The zero-order valence-electron chi connectivity index (χ0n) is 21.0. The van der Waals surface area contributed by atoms with Crippen molar-refractivity contribution in [2.24, 2.45) is 7.05 Å². The van der Waals surface area contributed by atoms with Gasteiger partial charge in [0.25, 0.3) is 5.82 Å². The van der Waals surface area contributed by atoms with Gasteiger partial charge in [0, 0.05) is 29.9 Å². The van der Waals surface area contributed by atoms with Crippen LogP contribution < -0.4 is 4.57 Å². The average molecular weight is 480 g/mol. The average Bonchev–Trinajstić information content (AvgIpc) is 3.64.